The van der Waals surface area contributed by atoms with E-state index in [0.717, 1.165) is 12.1 Å². The molecule has 0 saturated carbocycles. The van der Waals surface area contributed by atoms with Gasteiger partial charge in [0.15, 0.2) is 0 Å². The molecule has 0 aliphatic carbocycles. The molecule has 1 N–H and O–H groups in total. The molecule has 0 heterocycles. The van der Waals surface area contributed by atoms with Crippen LogP contribution in [0, 0.1) is 11.6 Å². The largest absolute Gasteiger partial charge is 0.465 e. The summed E-state index contributed by atoms with van der Waals surface area (Å²) in [6.07, 6.45) is 0. The predicted octanol–water partition coefficient (Wildman–Crippen LogP) is 1.40. The van der Waals surface area contributed by atoms with Crippen LogP contribution in [0.3, 0.4) is 0 Å². The van der Waals surface area contributed by atoms with E-state index in [1.807, 2.05) is 0 Å². The highest BCUT2D eigenvalue weighted by molar-refractivity contribution is 5.92. The number of esters is 1. The van der Waals surface area contributed by atoms with Gasteiger partial charge in [0.2, 0.25) is 5.91 Å². The Hall–Kier alpha value is -2.02. The maximum Gasteiger partial charge on any atom is 0.320 e. The molecule has 5 nitrogen and oxygen atoms in total. The molecule has 0 fully saturated rings. The third-order valence-corrected chi connectivity index (χ3v) is 2.32. The number of anilines is 1. The van der Waals surface area contributed by atoms with E-state index in [9.17, 15) is 18.4 Å². The summed E-state index contributed by atoms with van der Waals surface area (Å²) in [7, 11) is 1.55. The first kappa shape index (κ1) is 16.0. The molecule has 1 aromatic carbocycles. The Morgan fingerprint density at radius 3 is 2.60 bits per heavy atom. The number of benzene rings is 1. The van der Waals surface area contributed by atoms with Crippen molar-refractivity contribution in [3.63, 3.8) is 0 Å². The fraction of sp³-hybridized carbons (Fsp3) is 0.385. The highest BCUT2D eigenvalue weighted by atomic mass is 19.1. The van der Waals surface area contributed by atoms with Gasteiger partial charge in [-0.3, -0.25) is 14.5 Å². The predicted molar refractivity (Wildman–Crippen MR) is 69.1 cm³/mol. The lowest BCUT2D eigenvalue weighted by Crippen LogP contribution is -2.34. The summed E-state index contributed by atoms with van der Waals surface area (Å²) in [4.78, 5) is 24.2. The molecule has 20 heavy (non-hydrogen) atoms. The van der Waals surface area contributed by atoms with Gasteiger partial charge in [-0.2, -0.15) is 0 Å². The van der Waals surface area contributed by atoms with Gasteiger partial charge in [0.25, 0.3) is 0 Å². The minimum absolute atomic E-state index is 0.0485. The molecule has 0 saturated heterocycles. The number of likely N-dealkylation sites (N-methyl/N-ethyl adjacent to an activating group) is 1. The number of amides is 1. The van der Waals surface area contributed by atoms with Gasteiger partial charge in [0.05, 0.1) is 25.4 Å². The van der Waals surface area contributed by atoms with E-state index < -0.39 is 23.5 Å². The molecule has 0 aliphatic rings. The third kappa shape index (κ3) is 5.31. The number of hydrogen-bond donors (Lipinski definition) is 1. The summed E-state index contributed by atoms with van der Waals surface area (Å²) in [5.74, 6) is -2.54. The van der Waals surface area contributed by atoms with Crippen molar-refractivity contribution < 1.29 is 23.1 Å². The molecule has 0 unspecified atom stereocenters. The molecule has 7 heteroatoms. The summed E-state index contributed by atoms with van der Waals surface area (Å²) in [5, 5.41) is 2.30. The first-order valence-corrected chi connectivity index (χ1v) is 6.01. The van der Waals surface area contributed by atoms with Gasteiger partial charge in [-0.25, -0.2) is 8.78 Å². The molecule has 0 radical (unpaired) electrons. The van der Waals surface area contributed by atoms with Crippen LogP contribution >= 0.6 is 0 Å². The maximum atomic E-state index is 13.3. The monoisotopic (exact) mass is 286 g/mol. The van der Waals surface area contributed by atoms with E-state index >= 15 is 0 Å². The zero-order valence-electron chi connectivity index (χ0n) is 11.3. The lowest BCUT2D eigenvalue weighted by Gasteiger charge is -2.15. The van der Waals surface area contributed by atoms with Gasteiger partial charge in [-0.15, -0.1) is 0 Å². The third-order valence-electron chi connectivity index (χ3n) is 2.32. The highest BCUT2D eigenvalue weighted by Gasteiger charge is 2.13. The van der Waals surface area contributed by atoms with Crippen molar-refractivity contribution in [2.75, 3.05) is 32.1 Å². The standard InChI is InChI=1S/C13H16F2N2O3/c1-3-20-13(19)8-17(2)7-12(18)16-11-5-4-9(14)6-10(11)15/h4-6H,3,7-8H2,1-2H3,(H,16,18). The van der Waals surface area contributed by atoms with Crippen molar-refractivity contribution >= 4 is 17.6 Å². The Balaban J connectivity index is 2.49. The summed E-state index contributed by atoms with van der Waals surface area (Å²) in [6, 6.07) is 2.85. The van der Waals surface area contributed by atoms with Gasteiger partial charge < -0.3 is 10.1 Å². The van der Waals surface area contributed by atoms with Crippen molar-refractivity contribution in [1.82, 2.24) is 4.90 Å². The van der Waals surface area contributed by atoms with Crippen LogP contribution in [0.2, 0.25) is 0 Å². The SMILES string of the molecule is CCOC(=O)CN(C)CC(=O)Nc1ccc(F)cc1F. The summed E-state index contributed by atoms with van der Waals surface area (Å²) in [5.41, 5.74) is -0.110. The van der Waals surface area contributed by atoms with Crippen molar-refractivity contribution in [2.24, 2.45) is 0 Å². The van der Waals surface area contributed by atoms with Crippen LogP contribution < -0.4 is 5.32 Å². The van der Waals surface area contributed by atoms with E-state index in [2.05, 4.69) is 5.32 Å². The number of nitrogens with one attached hydrogen (secondary N) is 1. The number of carbonyl (C=O) groups is 2. The van der Waals surface area contributed by atoms with Crippen LogP contribution in [-0.4, -0.2) is 43.5 Å². The highest BCUT2D eigenvalue weighted by Crippen LogP contribution is 2.14. The second-order valence-corrected chi connectivity index (χ2v) is 4.15. The molecule has 1 aromatic rings. The van der Waals surface area contributed by atoms with Gasteiger partial charge in [0, 0.05) is 6.07 Å². The van der Waals surface area contributed by atoms with Crippen molar-refractivity contribution in [3.05, 3.63) is 29.8 Å². The van der Waals surface area contributed by atoms with E-state index in [4.69, 9.17) is 4.74 Å². The van der Waals surface area contributed by atoms with Crippen molar-refractivity contribution in [1.29, 1.82) is 0 Å². The van der Waals surface area contributed by atoms with E-state index in [1.54, 1.807) is 14.0 Å². The fourth-order valence-electron chi connectivity index (χ4n) is 1.51. The average Bonchev–Trinajstić information content (AvgIpc) is 2.32. The van der Waals surface area contributed by atoms with Crippen LogP contribution in [0.5, 0.6) is 0 Å². The van der Waals surface area contributed by atoms with Crippen molar-refractivity contribution in [3.8, 4) is 0 Å². The smallest absolute Gasteiger partial charge is 0.320 e. The van der Waals surface area contributed by atoms with E-state index in [-0.39, 0.29) is 25.4 Å². The minimum Gasteiger partial charge on any atom is -0.465 e. The van der Waals surface area contributed by atoms with E-state index in [1.165, 1.54) is 4.90 Å². The Morgan fingerprint density at radius 1 is 1.30 bits per heavy atom. The molecule has 0 bridgehead atoms. The fourth-order valence-corrected chi connectivity index (χ4v) is 1.51. The summed E-state index contributed by atoms with van der Waals surface area (Å²) in [6.45, 7) is 1.78. The van der Waals surface area contributed by atoms with Gasteiger partial charge in [-0.05, 0) is 26.1 Å². The first-order valence-electron chi connectivity index (χ1n) is 6.01. The second kappa shape index (κ2) is 7.54. The molecule has 0 aliphatic heterocycles. The Kier molecular flexibility index (Phi) is 6.05. The Labute approximate surface area is 115 Å². The van der Waals surface area contributed by atoms with Crippen LogP contribution in [0.1, 0.15) is 6.92 Å². The van der Waals surface area contributed by atoms with Crippen LogP contribution in [0.4, 0.5) is 14.5 Å². The molecule has 1 amide bonds. The molecule has 0 spiro atoms. The molecule has 1 rings (SSSR count). The lowest BCUT2D eigenvalue weighted by atomic mass is 10.3. The Morgan fingerprint density at radius 2 is 2.00 bits per heavy atom. The topological polar surface area (TPSA) is 58.6 Å². The Bertz CT molecular complexity index is 495. The quantitative estimate of drug-likeness (QED) is 0.803. The maximum absolute atomic E-state index is 13.3. The number of nitrogens with zero attached hydrogens (tertiary/aromatic N) is 1. The average molecular weight is 286 g/mol. The first-order chi connectivity index (χ1) is 9.42. The molecular formula is C13H16F2N2O3. The number of hydrogen-bond acceptors (Lipinski definition) is 4. The number of rotatable bonds is 6. The zero-order valence-corrected chi connectivity index (χ0v) is 11.3. The normalized spacial score (nSPS) is 10.4. The van der Waals surface area contributed by atoms with Gasteiger partial charge >= 0.3 is 5.97 Å². The van der Waals surface area contributed by atoms with Crippen LogP contribution in [0.25, 0.3) is 0 Å². The zero-order chi connectivity index (χ0) is 15.1. The number of ether oxygens (including phenoxy) is 1. The summed E-state index contributed by atoms with van der Waals surface area (Å²) >= 11 is 0. The second-order valence-electron chi connectivity index (χ2n) is 4.15. The summed E-state index contributed by atoms with van der Waals surface area (Å²) < 4.78 is 30.7. The molecular weight excluding hydrogens is 270 g/mol. The lowest BCUT2D eigenvalue weighted by molar-refractivity contribution is -0.144. The number of halogens is 2. The molecule has 0 atom stereocenters. The van der Waals surface area contributed by atoms with Crippen molar-refractivity contribution in [2.45, 2.75) is 6.92 Å². The van der Waals surface area contributed by atoms with Gasteiger partial charge in [0.1, 0.15) is 11.6 Å². The molecule has 0 aromatic heterocycles. The number of carbonyl (C=O) groups excluding carboxylic acids is 2. The van der Waals surface area contributed by atoms with Crippen LogP contribution in [-0.2, 0) is 14.3 Å². The van der Waals surface area contributed by atoms with Gasteiger partial charge in [-0.1, -0.05) is 0 Å². The minimum atomic E-state index is -0.855. The van der Waals surface area contributed by atoms with E-state index in [0.29, 0.717) is 6.07 Å². The van der Waals surface area contributed by atoms with Crippen LogP contribution in [0.15, 0.2) is 18.2 Å². The molecule has 110 valence electrons.